The number of carbonyl (C=O) groups is 2. The topological polar surface area (TPSA) is 77.5 Å². The number of hydrogen-bond donors (Lipinski definition) is 1. The Morgan fingerprint density at radius 2 is 1.84 bits per heavy atom. The Morgan fingerprint density at radius 1 is 1.03 bits per heavy atom. The summed E-state index contributed by atoms with van der Waals surface area (Å²) < 4.78 is 25.5. The summed E-state index contributed by atoms with van der Waals surface area (Å²) in [7, 11) is 1.32. The number of halogens is 1. The van der Waals surface area contributed by atoms with Gasteiger partial charge < -0.3 is 14.8 Å². The molecule has 1 atom stereocenters. The Morgan fingerprint density at radius 3 is 2.59 bits per heavy atom. The van der Waals surface area contributed by atoms with Crippen molar-refractivity contribution in [1.29, 1.82) is 0 Å². The van der Waals surface area contributed by atoms with Gasteiger partial charge in [-0.05, 0) is 65.6 Å². The number of amides is 1. The predicted molar refractivity (Wildman–Crippen MR) is 137 cm³/mol. The number of ether oxygens (including phenoxy) is 2. The molecule has 37 heavy (non-hydrogen) atoms. The van der Waals surface area contributed by atoms with E-state index < -0.39 is 17.4 Å². The first-order chi connectivity index (χ1) is 17.9. The zero-order valence-electron chi connectivity index (χ0n) is 20.5. The maximum atomic E-state index is 14.7. The summed E-state index contributed by atoms with van der Waals surface area (Å²) >= 11 is 0. The first kappa shape index (κ1) is 24.2. The van der Waals surface area contributed by atoms with Gasteiger partial charge in [0, 0.05) is 18.2 Å². The van der Waals surface area contributed by atoms with Crippen molar-refractivity contribution in [2.75, 3.05) is 13.7 Å². The molecule has 1 aliphatic rings. The van der Waals surface area contributed by atoms with Crippen LogP contribution in [0.2, 0.25) is 0 Å². The lowest BCUT2D eigenvalue weighted by molar-refractivity contribution is 0.0601. The molecule has 4 aromatic rings. The van der Waals surface area contributed by atoms with Crippen LogP contribution in [0.25, 0.3) is 11.1 Å². The van der Waals surface area contributed by atoms with Crippen LogP contribution in [0.1, 0.15) is 44.0 Å². The highest BCUT2D eigenvalue weighted by molar-refractivity contribution is 6.02. The van der Waals surface area contributed by atoms with Crippen molar-refractivity contribution in [3.8, 4) is 16.9 Å². The number of nitrogens with one attached hydrogen (secondary N) is 1. The highest BCUT2D eigenvalue weighted by atomic mass is 19.1. The summed E-state index contributed by atoms with van der Waals surface area (Å²) in [6.07, 6.45) is 1.98. The number of aromatic nitrogens is 1. The van der Waals surface area contributed by atoms with Gasteiger partial charge in [0.25, 0.3) is 5.91 Å². The van der Waals surface area contributed by atoms with Gasteiger partial charge in [-0.2, -0.15) is 0 Å². The van der Waals surface area contributed by atoms with Crippen LogP contribution in [0.4, 0.5) is 4.39 Å². The standard InChI is InChI=1S/C30H25FN2O4/c1-19-10-12-22(18-25(19)31)30(14-16-37-26-9-6-15-32-27(26)30)33-28(34)21-11-13-23(29(35)36-2)24(17-21)20-7-4-3-5-8-20/h3-13,15,17-18H,14,16H2,1-2H3,(H,33,34)/t30-/m0/s1. The fourth-order valence-corrected chi connectivity index (χ4v) is 4.69. The van der Waals surface area contributed by atoms with Crippen LogP contribution in [-0.4, -0.2) is 30.6 Å². The Bertz CT molecular complexity index is 1490. The third kappa shape index (κ3) is 4.44. The number of aryl methyl sites for hydroxylation is 1. The van der Waals surface area contributed by atoms with E-state index in [0.29, 0.717) is 52.3 Å². The van der Waals surface area contributed by atoms with Crippen LogP contribution in [0.15, 0.2) is 85.1 Å². The lowest BCUT2D eigenvalue weighted by Crippen LogP contribution is -2.50. The van der Waals surface area contributed by atoms with Gasteiger partial charge in [-0.3, -0.25) is 9.78 Å². The maximum Gasteiger partial charge on any atom is 0.338 e. The normalized spacial score (nSPS) is 16.3. The average molecular weight is 497 g/mol. The van der Waals surface area contributed by atoms with Crippen molar-refractivity contribution in [2.45, 2.75) is 18.9 Å². The van der Waals surface area contributed by atoms with Gasteiger partial charge in [-0.1, -0.05) is 42.5 Å². The Labute approximate surface area is 214 Å². The third-order valence-corrected chi connectivity index (χ3v) is 6.67. The molecule has 5 rings (SSSR count). The minimum absolute atomic E-state index is 0.311. The van der Waals surface area contributed by atoms with Crippen molar-refractivity contribution >= 4 is 11.9 Å². The molecule has 0 unspecified atom stereocenters. The van der Waals surface area contributed by atoms with Gasteiger partial charge in [0.1, 0.15) is 22.8 Å². The second-order valence-corrected chi connectivity index (χ2v) is 8.89. The van der Waals surface area contributed by atoms with Crippen LogP contribution >= 0.6 is 0 Å². The first-order valence-electron chi connectivity index (χ1n) is 11.9. The third-order valence-electron chi connectivity index (χ3n) is 6.67. The molecule has 0 fully saturated rings. The Balaban J connectivity index is 1.62. The van der Waals surface area contributed by atoms with Crippen LogP contribution < -0.4 is 10.1 Å². The van der Waals surface area contributed by atoms with E-state index in [1.165, 1.54) is 13.2 Å². The SMILES string of the molecule is COC(=O)c1ccc(C(=O)N[C@]2(c3ccc(C)c(F)c3)CCOc3cccnc32)cc1-c1ccccc1. The molecule has 6 nitrogen and oxygen atoms in total. The number of nitrogens with zero attached hydrogens (tertiary/aromatic N) is 1. The molecule has 1 amide bonds. The molecule has 0 saturated heterocycles. The average Bonchev–Trinajstić information content (AvgIpc) is 2.94. The summed E-state index contributed by atoms with van der Waals surface area (Å²) in [6.45, 7) is 2.00. The van der Waals surface area contributed by atoms with Crippen LogP contribution in [-0.2, 0) is 10.3 Å². The quantitative estimate of drug-likeness (QED) is 0.373. The predicted octanol–water partition coefficient (Wildman–Crippen LogP) is 5.44. The molecule has 186 valence electrons. The van der Waals surface area contributed by atoms with Gasteiger partial charge >= 0.3 is 5.97 Å². The summed E-state index contributed by atoms with van der Waals surface area (Å²) in [6, 6.07) is 22.6. The smallest absolute Gasteiger partial charge is 0.338 e. The van der Waals surface area contributed by atoms with E-state index in [1.807, 2.05) is 30.3 Å². The molecular formula is C30H25FN2O4. The van der Waals surface area contributed by atoms with Crippen LogP contribution in [0, 0.1) is 12.7 Å². The van der Waals surface area contributed by atoms with Crippen LogP contribution in [0.3, 0.4) is 0 Å². The van der Waals surface area contributed by atoms with Crippen molar-refractivity contribution in [3.63, 3.8) is 0 Å². The van der Waals surface area contributed by atoms with Gasteiger partial charge in [0.05, 0.1) is 19.3 Å². The number of benzene rings is 3. The van der Waals surface area contributed by atoms with Crippen molar-refractivity contribution in [1.82, 2.24) is 10.3 Å². The van der Waals surface area contributed by atoms with Gasteiger partial charge in [-0.15, -0.1) is 0 Å². The molecule has 0 radical (unpaired) electrons. The maximum absolute atomic E-state index is 14.7. The monoisotopic (exact) mass is 496 g/mol. The number of methoxy groups -OCH3 is 1. The first-order valence-corrected chi connectivity index (χ1v) is 11.9. The summed E-state index contributed by atoms with van der Waals surface area (Å²) in [5, 5.41) is 3.14. The lowest BCUT2D eigenvalue weighted by atomic mass is 9.80. The number of pyridine rings is 1. The van der Waals surface area contributed by atoms with E-state index in [0.717, 1.165) is 5.56 Å². The second-order valence-electron chi connectivity index (χ2n) is 8.89. The fourth-order valence-electron chi connectivity index (χ4n) is 4.69. The number of rotatable bonds is 5. The molecular weight excluding hydrogens is 471 g/mol. The molecule has 2 heterocycles. The van der Waals surface area contributed by atoms with E-state index in [1.54, 1.807) is 55.6 Å². The zero-order valence-corrected chi connectivity index (χ0v) is 20.5. The van der Waals surface area contributed by atoms with Gasteiger partial charge in [-0.25, -0.2) is 9.18 Å². The number of esters is 1. The molecule has 1 N–H and O–H groups in total. The molecule has 0 aliphatic carbocycles. The van der Waals surface area contributed by atoms with Crippen molar-refractivity contribution in [2.24, 2.45) is 0 Å². The van der Waals surface area contributed by atoms with Crippen molar-refractivity contribution in [3.05, 3.63) is 119 Å². The molecule has 3 aromatic carbocycles. The summed E-state index contributed by atoms with van der Waals surface area (Å²) in [5.41, 5.74) is 2.49. The van der Waals surface area contributed by atoms with E-state index in [-0.39, 0.29) is 5.82 Å². The van der Waals surface area contributed by atoms with Crippen LogP contribution in [0.5, 0.6) is 5.75 Å². The largest absolute Gasteiger partial charge is 0.491 e. The summed E-state index contributed by atoms with van der Waals surface area (Å²) in [5.74, 6) is -0.738. The van der Waals surface area contributed by atoms with E-state index >= 15 is 0 Å². The minimum atomic E-state index is -1.12. The second kappa shape index (κ2) is 9.85. The molecule has 0 spiro atoms. The molecule has 7 heteroatoms. The van der Waals surface area contributed by atoms with E-state index in [4.69, 9.17) is 9.47 Å². The lowest BCUT2D eigenvalue weighted by Gasteiger charge is -2.39. The number of fused-ring (bicyclic) bond motifs is 1. The van der Waals surface area contributed by atoms with Crippen molar-refractivity contribution < 1.29 is 23.5 Å². The highest BCUT2D eigenvalue weighted by Gasteiger charge is 2.43. The Hall–Kier alpha value is -4.52. The molecule has 0 saturated carbocycles. The summed E-state index contributed by atoms with van der Waals surface area (Å²) in [4.78, 5) is 30.8. The van der Waals surface area contributed by atoms with E-state index in [9.17, 15) is 14.0 Å². The Kier molecular flexibility index (Phi) is 6.44. The van der Waals surface area contributed by atoms with Gasteiger partial charge in [0.15, 0.2) is 0 Å². The van der Waals surface area contributed by atoms with Gasteiger partial charge in [0.2, 0.25) is 0 Å². The number of hydrogen-bond acceptors (Lipinski definition) is 5. The minimum Gasteiger partial charge on any atom is -0.491 e. The molecule has 1 aliphatic heterocycles. The highest BCUT2D eigenvalue weighted by Crippen LogP contribution is 2.41. The zero-order chi connectivity index (χ0) is 26.0. The number of carbonyl (C=O) groups excluding carboxylic acids is 2. The fraction of sp³-hybridized carbons (Fsp3) is 0.167. The van der Waals surface area contributed by atoms with E-state index in [2.05, 4.69) is 10.3 Å². The molecule has 1 aromatic heterocycles. The molecule has 0 bridgehead atoms.